The second-order valence-corrected chi connectivity index (χ2v) is 29.9. The highest BCUT2D eigenvalue weighted by Crippen LogP contribution is 2.67. The van der Waals surface area contributed by atoms with Crippen LogP contribution in [0.2, 0.25) is 0 Å². The minimum Gasteiger partial charge on any atom is -0.508 e. The molecule has 0 fully saturated rings. The van der Waals surface area contributed by atoms with Crippen LogP contribution in [0.5, 0.6) is 184 Å². The van der Waals surface area contributed by atoms with Crippen LogP contribution in [0.3, 0.4) is 0 Å². The quantitative estimate of drug-likeness (QED) is 0.0258. The highest BCUT2D eigenvalue weighted by atomic mass is 16.6. The number of carbonyl (C=O) groups is 4. The van der Waals surface area contributed by atoms with Crippen molar-refractivity contribution in [1.29, 1.82) is 0 Å². The average Bonchev–Trinajstić information content (AvgIpc) is 0.699. The van der Waals surface area contributed by atoms with Crippen molar-refractivity contribution >= 4 is 23.9 Å². The Morgan fingerprint density at radius 1 is 0.234 bits per heavy atom. The van der Waals surface area contributed by atoms with E-state index in [0.717, 1.165) is 78.9 Å². The fourth-order valence-electron chi connectivity index (χ4n) is 16.2. The molecule has 4 heterocycles. The average molecular weight is 1760 g/mol. The zero-order valence-corrected chi connectivity index (χ0v) is 64.4. The van der Waals surface area contributed by atoms with Crippen molar-refractivity contribution in [3.05, 3.63) is 235 Å². The number of hydrogen-bond acceptors (Lipinski definition) is 40. The lowest BCUT2D eigenvalue weighted by atomic mass is 9.71. The van der Waals surface area contributed by atoms with E-state index in [0.29, 0.717) is 72.8 Å². The van der Waals surface area contributed by atoms with Gasteiger partial charge in [-0.15, -0.1) is 0 Å². The first-order valence-electron chi connectivity index (χ1n) is 37.5. The molecule has 0 saturated carbocycles. The highest BCUT2D eigenvalue weighted by molar-refractivity contribution is 5.94. The van der Waals surface area contributed by atoms with Gasteiger partial charge in [-0.2, -0.15) is 0 Å². The third-order valence-electron chi connectivity index (χ3n) is 22.1. The lowest BCUT2D eigenvalue weighted by molar-refractivity contribution is -0.0364. The van der Waals surface area contributed by atoms with E-state index < -0.39 is 353 Å². The molecule has 0 spiro atoms. The van der Waals surface area contributed by atoms with Crippen molar-refractivity contribution in [3.63, 3.8) is 0 Å². The Hall–Kier alpha value is -17.9. The lowest BCUT2D eigenvalue weighted by Gasteiger charge is -2.45. The number of aromatic hydroxyl groups is 28. The summed E-state index contributed by atoms with van der Waals surface area (Å²) in [6.07, 6.45) is -19.0. The molecule has 0 bridgehead atoms. The Balaban J connectivity index is 1.03. The summed E-state index contributed by atoms with van der Waals surface area (Å²) in [5.74, 6) is -47.4. The standard InChI is InChI=1S/C88H66O40/c89-35-21-46(99)62-60(22-35)121-76(28-2-6-38(91)43(96)10-28)82(126-86(118)32-15-54(107)72(114)55(108)16-32)68(62)64-48(101)25-50(103)66-70(84(128-88(120)34-19-58(111)74(116)59(112)20-34)78(124-80(64)66)30-4-8-40(93)45(98)12-30)67-51(104)26-49(102)65-69(83(127-87(119)33-17-56(109)73(115)57(110)18-33)77(125-81(65)67)29-3-7-39(92)44(97)11-29)63-47(100)24-41(94)36-23-61(122-85(117)31-13-52(105)71(113)53(106)14-31)75(123-79(36)63)27-1-5-37(90)42(95)9-27/h1-22,24-26,61,68-70,75-78,82-84,89-116H,23H2/t61-,68+,69?,70-,75-,76-,77-,78-,82-,83-,84+/m1/s1. The molecule has 40 heteroatoms. The fraction of sp³-hybridized carbons (Fsp3) is 0.136. The van der Waals surface area contributed by atoms with E-state index in [2.05, 4.69) is 0 Å². The number of hydrogen-bond donors (Lipinski definition) is 28. The van der Waals surface area contributed by atoms with E-state index in [4.69, 9.17) is 37.9 Å². The van der Waals surface area contributed by atoms with Crippen LogP contribution < -0.4 is 18.9 Å². The van der Waals surface area contributed by atoms with Gasteiger partial charge in [-0.3, -0.25) is 0 Å². The van der Waals surface area contributed by atoms with E-state index in [1.54, 1.807) is 0 Å². The lowest BCUT2D eigenvalue weighted by Crippen LogP contribution is -2.43. The van der Waals surface area contributed by atoms with E-state index in [9.17, 15) is 148 Å². The van der Waals surface area contributed by atoms with Gasteiger partial charge in [-0.1, -0.05) is 24.3 Å². The molecule has 0 radical (unpaired) electrons. The third-order valence-corrected chi connectivity index (χ3v) is 22.1. The number of phenols is 28. The van der Waals surface area contributed by atoms with Crippen molar-refractivity contribution in [2.24, 2.45) is 0 Å². The third kappa shape index (κ3) is 14.3. The van der Waals surface area contributed by atoms with Gasteiger partial charge < -0.3 is 181 Å². The summed E-state index contributed by atoms with van der Waals surface area (Å²) in [6, 6.07) is 18.9. The highest BCUT2D eigenvalue weighted by Gasteiger charge is 2.57. The predicted octanol–water partition coefficient (Wildman–Crippen LogP) is 9.82. The molecule has 4 aliphatic heterocycles. The minimum absolute atomic E-state index is 0.267. The summed E-state index contributed by atoms with van der Waals surface area (Å²) < 4.78 is 52.5. The molecule has 128 heavy (non-hydrogen) atoms. The Kier molecular flexibility index (Phi) is 20.4. The van der Waals surface area contributed by atoms with Gasteiger partial charge in [0.2, 0.25) is 0 Å². The van der Waals surface area contributed by atoms with Gasteiger partial charge in [0, 0.05) is 98.0 Å². The predicted molar refractivity (Wildman–Crippen MR) is 423 cm³/mol. The first kappa shape index (κ1) is 83.8. The molecule has 4 aliphatic rings. The van der Waals surface area contributed by atoms with Crippen molar-refractivity contribution in [2.45, 2.75) is 73.0 Å². The van der Waals surface area contributed by atoms with Gasteiger partial charge in [-0.05, 0) is 97.1 Å². The second kappa shape index (κ2) is 31.2. The number of benzene rings is 12. The van der Waals surface area contributed by atoms with Gasteiger partial charge >= 0.3 is 23.9 Å². The fourth-order valence-corrected chi connectivity index (χ4v) is 16.2. The van der Waals surface area contributed by atoms with Crippen LogP contribution in [0.1, 0.15) is 145 Å². The molecule has 11 atom stereocenters. The number of phenolic OH excluding ortho intramolecular Hbond substituents is 28. The van der Waals surface area contributed by atoms with Gasteiger partial charge in [0.15, 0.2) is 158 Å². The molecule has 0 saturated heterocycles. The molecular formula is C88H66O40. The molecule has 12 aromatic carbocycles. The summed E-state index contributed by atoms with van der Waals surface area (Å²) in [6.45, 7) is 0. The first-order chi connectivity index (χ1) is 60.6. The van der Waals surface area contributed by atoms with E-state index in [1.807, 2.05) is 0 Å². The van der Waals surface area contributed by atoms with E-state index in [1.165, 1.54) is 0 Å². The van der Waals surface area contributed by atoms with Gasteiger partial charge in [0.25, 0.3) is 0 Å². The number of rotatable bonds is 15. The number of carbonyl (C=O) groups excluding carboxylic acids is 4. The molecule has 0 amide bonds. The van der Waals surface area contributed by atoms with Crippen LogP contribution in [0.25, 0.3) is 0 Å². The maximum Gasteiger partial charge on any atom is 0.338 e. The molecule has 0 aromatic heterocycles. The van der Waals surface area contributed by atoms with Crippen molar-refractivity contribution in [2.75, 3.05) is 0 Å². The number of ether oxygens (including phenoxy) is 8. The van der Waals surface area contributed by atoms with Crippen LogP contribution >= 0.6 is 0 Å². The smallest absolute Gasteiger partial charge is 0.338 e. The SMILES string of the molecule is O=C(O[C@@H]1[C@H](c2c(O)cc(O)c3c2O[C@H](c2ccc(O)c(O)c2)[C@@H](OC(=O)c2cc(O)c(O)c(O)c2)[C@H]3c2c(O)cc(O)c3c2O[C@H](c2ccc(O)c(O)c2)[C@H](OC(=O)c2cc(O)c(O)c(O)c2)C3c2c(O)cc(O)c3c2O[C@H](c2ccc(O)c(O)c2)[C@H](OC(=O)c2cc(O)c(O)c(O)c2)C3)c2c(O)cc(O)cc2O[C@@H]1c1ccc(O)c(O)c1)c1cc(O)c(O)c(O)c1. The van der Waals surface area contributed by atoms with Crippen LogP contribution in [0.15, 0.2) is 152 Å². The summed E-state index contributed by atoms with van der Waals surface area (Å²) in [5.41, 5.74) is -10.7. The van der Waals surface area contributed by atoms with Crippen LogP contribution in [-0.4, -0.2) is 191 Å². The number of esters is 4. The van der Waals surface area contributed by atoms with Crippen LogP contribution in [-0.2, 0) is 25.4 Å². The minimum atomic E-state index is -2.62. The van der Waals surface area contributed by atoms with Gasteiger partial charge in [0.05, 0.1) is 40.0 Å². The second-order valence-electron chi connectivity index (χ2n) is 29.9. The summed E-state index contributed by atoms with van der Waals surface area (Å²) >= 11 is 0. The summed E-state index contributed by atoms with van der Waals surface area (Å²) in [4.78, 5) is 60.4. The number of fused-ring (bicyclic) bond motifs is 4. The molecule has 658 valence electrons. The zero-order chi connectivity index (χ0) is 91.8. The van der Waals surface area contributed by atoms with E-state index >= 15 is 14.4 Å². The molecular weight excluding hydrogens is 1700 g/mol. The molecule has 40 nitrogen and oxygen atoms in total. The largest absolute Gasteiger partial charge is 0.508 e. The molecule has 16 rings (SSSR count). The normalized spacial score (nSPS) is 19.5. The Morgan fingerprint density at radius 2 is 0.492 bits per heavy atom. The van der Waals surface area contributed by atoms with Crippen molar-refractivity contribution in [3.8, 4) is 184 Å². The zero-order valence-electron chi connectivity index (χ0n) is 64.4. The van der Waals surface area contributed by atoms with Crippen LogP contribution in [0.4, 0.5) is 0 Å². The van der Waals surface area contributed by atoms with Gasteiger partial charge in [-0.25, -0.2) is 19.2 Å². The van der Waals surface area contributed by atoms with Gasteiger partial charge in [0.1, 0.15) is 75.1 Å². The first-order valence-corrected chi connectivity index (χ1v) is 37.5. The Labute approximate surface area is 713 Å². The molecule has 0 aliphatic carbocycles. The Morgan fingerprint density at radius 3 is 0.805 bits per heavy atom. The topological polar surface area (TPSA) is 709 Å². The van der Waals surface area contributed by atoms with Crippen molar-refractivity contribution in [1.82, 2.24) is 0 Å². The summed E-state index contributed by atoms with van der Waals surface area (Å²) in [7, 11) is 0. The monoisotopic (exact) mass is 1760 g/mol. The molecule has 28 N–H and O–H groups in total. The molecule has 1 unspecified atom stereocenters. The van der Waals surface area contributed by atoms with E-state index in [-0.39, 0.29) is 11.1 Å². The Bertz CT molecular complexity index is 6610. The maximum atomic E-state index is 15.6. The van der Waals surface area contributed by atoms with Crippen LogP contribution in [0, 0.1) is 0 Å². The molecule has 12 aromatic rings. The maximum absolute atomic E-state index is 15.6. The van der Waals surface area contributed by atoms with Crippen molar-refractivity contribution < 1.29 is 200 Å². The summed E-state index contributed by atoms with van der Waals surface area (Å²) in [5, 5.41) is 320.